The molecule has 0 aromatic carbocycles. The summed E-state index contributed by atoms with van der Waals surface area (Å²) in [4.78, 5) is 3.99. The Labute approximate surface area is 59.3 Å². The second-order valence-electron chi connectivity index (χ2n) is 2.10. The first-order chi connectivity index (χ1) is 4.97. The van der Waals surface area contributed by atoms with Gasteiger partial charge in [0, 0.05) is 0 Å². The van der Waals surface area contributed by atoms with E-state index in [0.29, 0.717) is 0 Å². The van der Waals surface area contributed by atoms with Crippen LogP contribution >= 0.6 is 0 Å². The average molecular weight is 131 g/mol. The van der Waals surface area contributed by atoms with Crippen LogP contribution in [0.25, 0.3) is 0 Å². The van der Waals surface area contributed by atoms with Gasteiger partial charge in [0.05, 0.1) is 0 Å². The third-order valence-electron chi connectivity index (χ3n) is 1.45. The van der Waals surface area contributed by atoms with E-state index >= 15 is 0 Å². The standard InChI is InChI=1S/C6H6BN3/c1-3-8-7-5-10-6(1)2-4-9-10/h2-5H,1H2. The molecule has 4 heteroatoms. The maximum atomic E-state index is 4.07. The van der Waals surface area contributed by atoms with E-state index in [-0.39, 0.29) is 0 Å². The predicted octanol–water partition coefficient (Wildman–Crippen LogP) is -0.263. The summed E-state index contributed by atoms with van der Waals surface area (Å²) in [6.07, 6.45) is 6.38. The number of nitrogens with zero attached hydrogens (tertiary/aromatic N) is 3. The van der Waals surface area contributed by atoms with Crippen LogP contribution in [0.15, 0.2) is 17.2 Å². The number of hydrogen-bond donors (Lipinski definition) is 0. The van der Waals surface area contributed by atoms with Gasteiger partial charge in [-0.2, -0.15) is 0 Å². The van der Waals surface area contributed by atoms with Crippen LogP contribution in [0.1, 0.15) is 5.69 Å². The van der Waals surface area contributed by atoms with Crippen molar-refractivity contribution in [1.82, 2.24) is 9.78 Å². The Kier molecular flexibility index (Phi) is 1.24. The van der Waals surface area contributed by atoms with Gasteiger partial charge in [0.25, 0.3) is 0 Å². The average Bonchev–Trinajstić information content (AvgIpc) is 2.28. The van der Waals surface area contributed by atoms with Gasteiger partial charge in [-0.1, -0.05) is 0 Å². The van der Waals surface area contributed by atoms with Crippen molar-refractivity contribution >= 4 is 19.4 Å². The zero-order chi connectivity index (χ0) is 6.81. The van der Waals surface area contributed by atoms with E-state index in [4.69, 9.17) is 0 Å². The summed E-state index contributed by atoms with van der Waals surface area (Å²) in [7, 11) is 1.74. The second kappa shape index (κ2) is 2.21. The monoisotopic (exact) mass is 131 g/mol. The molecule has 0 spiro atoms. The van der Waals surface area contributed by atoms with Crippen molar-refractivity contribution in [3.63, 3.8) is 0 Å². The fourth-order valence-electron chi connectivity index (χ4n) is 0.946. The first-order valence-electron chi connectivity index (χ1n) is 3.17. The molecular formula is C6H6BN3. The van der Waals surface area contributed by atoms with Crippen LogP contribution in [0.4, 0.5) is 0 Å². The fourth-order valence-corrected chi connectivity index (χ4v) is 0.946. The van der Waals surface area contributed by atoms with E-state index in [1.54, 1.807) is 13.3 Å². The molecule has 0 fully saturated rings. The van der Waals surface area contributed by atoms with Crippen LogP contribution < -0.4 is 0 Å². The van der Waals surface area contributed by atoms with Crippen molar-refractivity contribution in [2.75, 3.05) is 0 Å². The molecule has 48 valence electrons. The Hall–Kier alpha value is -1.19. The van der Waals surface area contributed by atoms with E-state index < -0.39 is 0 Å². The Morgan fingerprint density at radius 2 is 2.60 bits per heavy atom. The first-order valence-corrected chi connectivity index (χ1v) is 3.17. The van der Waals surface area contributed by atoms with Crippen molar-refractivity contribution in [2.45, 2.75) is 6.42 Å². The van der Waals surface area contributed by atoms with Crippen molar-refractivity contribution < 1.29 is 0 Å². The first kappa shape index (κ1) is 5.59. The van der Waals surface area contributed by atoms with Crippen molar-refractivity contribution in [3.05, 3.63) is 18.0 Å². The molecule has 0 unspecified atom stereocenters. The van der Waals surface area contributed by atoms with Crippen LogP contribution in [0.2, 0.25) is 0 Å². The molecule has 0 bridgehead atoms. The topological polar surface area (TPSA) is 30.2 Å². The van der Waals surface area contributed by atoms with Gasteiger partial charge in [0.15, 0.2) is 0 Å². The van der Waals surface area contributed by atoms with E-state index in [1.807, 2.05) is 23.1 Å². The van der Waals surface area contributed by atoms with Crippen molar-refractivity contribution in [2.24, 2.45) is 4.90 Å². The normalized spacial score (nSPS) is 14.0. The van der Waals surface area contributed by atoms with E-state index in [9.17, 15) is 0 Å². The van der Waals surface area contributed by atoms with E-state index in [2.05, 4.69) is 10.0 Å². The molecule has 0 aliphatic carbocycles. The zero-order valence-electron chi connectivity index (χ0n) is 5.44. The predicted molar refractivity (Wildman–Crippen MR) is 41.6 cm³/mol. The summed E-state index contributed by atoms with van der Waals surface area (Å²) in [5, 5.41) is 4.07. The Morgan fingerprint density at radius 3 is 3.60 bits per heavy atom. The number of aromatic nitrogens is 2. The third-order valence-corrected chi connectivity index (χ3v) is 1.45. The van der Waals surface area contributed by atoms with Crippen LogP contribution in [0.3, 0.4) is 0 Å². The molecule has 0 radical (unpaired) electrons. The number of fused-ring (bicyclic) bond motifs is 1. The molecule has 0 saturated carbocycles. The van der Waals surface area contributed by atoms with Gasteiger partial charge in [0.1, 0.15) is 0 Å². The molecule has 0 atom stereocenters. The summed E-state index contributed by atoms with van der Waals surface area (Å²) in [5.41, 5.74) is 1.18. The van der Waals surface area contributed by atoms with Crippen LogP contribution in [0.5, 0.6) is 0 Å². The molecule has 2 rings (SSSR count). The zero-order valence-corrected chi connectivity index (χ0v) is 5.44. The molecule has 3 nitrogen and oxygen atoms in total. The molecule has 2 heterocycles. The summed E-state index contributed by atoms with van der Waals surface area (Å²) in [5.74, 6) is 0. The molecule has 1 aromatic rings. The molecule has 0 saturated heterocycles. The molecule has 0 amide bonds. The van der Waals surface area contributed by atoms with Crippen LogP contribution in [-0.4, -0.2) is 29.1 Å². The quantitative estimate of drug-likeness (QED) is 0.446. The minimum atomic E-state index is 0.868. The second-order valence-corrected chi connectivity index (χ2v) is 2.10. The molecule has 1 aliphatic heterocycles. The van der Waals surface area contributed by atoms with Gasteiger partial charge < -0.3 is 0 Å². The summed E-state index contributed by atoms with van der Waals surface area (Å²) in [6, 6.07) is 1.99. The van der Waals surface area contributed by atoms with Crippen LogP contribution in [-0.2, 0) is 6.42 Å². The molecule has 10 heavy (non-hydrogen) atoms. The SMILES string of the molecule is B1=Cn2nccc2CC=N1. The van der Waals surface area contributed by atoms with E-state index in [0.717, 1.165) is 6.42 Å². The van der Waals surface area contributed by atoms with Gasteiger partial charge in [-0.05, 0) is 0 Å². The van der Waals surface area contributed by atoms with Gasteiger partial charge in [-0.3, -0.25) is 0 Å². The van der Waals surface area contributed by atoms with E-state index in [1.165, 1.54) is 5.69 Å². The van der Waals surface area contributed by atoms with Gasteiger partial charge in [0.2, 0.25) is 0 Å². The van der Waals surface area contributed by atoms with Crippen molar-refractivity contribution in [3.8, 4) is 0 Å². The maximum absolute atomic E-state index is 4.07. The number of rotatable bonds is 0. The summed E-state index contributed by atoms with van der Waals surface area (Å²) < 4.78 is 1.83. The molecule has 1 aliphatic rings. The van der Waals surface area contributed by atoms with Gasteiger partial charge in [-0.15, -0.1) is 0 Å². The Balaban J connectivity index is 2.50. The van der Waals surface area contributed by atoms with Crippen molar-refractivity contribution in [1.29, 1.82) is 0 Å². The fraction of sp³-hybridized carbons (Fsp3) is 0.167. The van der Waals surface area contributed by atoms with Gasteiger partial charge >= 0.3 is 58.4 Å². The van der Waals surface area contributed by atoms with Gasteiger partial charge in [-0.25, -0.2) is 0 Å². The molecule has 0 N–H and O–H groups in total. The Bertz CT molecular complexity index is 287. The summed E-state index contributed by atoms with van der Waals surface area (Å²) >= 11 is 0. The number of hydrogen-bond acceptors (Lipinski definition) is 2. The minimum absolute atomic E-state index is 0.868. The molecule has 1 aromatic heterocycles. The Morgan fingerprint density at radius 1 is 1.60 bits per heavy atom. The van der Waals surface area contributed by atoms with Crippen LogP contribution in [0, 0.1) is 0 Å². The summed E-state index contributed by atoms with van der Waals surface area (Å²) in [6.45, 7) is 0. The molecular weight excluding hydrogens is 125 g/mol. The third kappa shape index (κ3) is 0.815.